The fourth-order valence-electron chi connectivity index (χ4n) is 1.63. The van der Waals surface area contributed by atoms with Crippen LogP contribution in [0.5, 0.6) is 0 Å². The molecular formula is C12H21N3O2. The van der Waals surface area contributed by atoms with Crippen molar-refractivity contribution in [1.82, 2.24) is 14.5 Å². The maximum Gasteiger partial charge on any atom is 0.319 e. The highest BCUT2D eigenvalue weighted by atomic mass is 16.5. The standard InChI is InChI=1S/C12H21N3O2/c1-10(2)15(9-12(16)17-4)8-7-14-6-5-13-11(14)3/h5-6,10H,7-9H2,1-4H3. The zero-order chi connectivity index (χ0) is 12.8. The number of esters is 1. The summed E-state index contributed by atoms with van der Waals surface area (Å²) in [5.41, 5.74) is 0. The summed E-state index contributed by atoms with van der Waals surface area (Å²) in [6, 6.07) is 0.318. The van der Waals surface area contributed by atoms with Crippen molar-refractivity contribution in [2.45, 2.75) is 33.4 Å². The van der Waals surface area contributed by atoms with Gasteiger partial charge in [0.15, 0.2) is 0 Å². The average molecular weight is 239 g/mol. The van der Waals surface area contributed by atoms with Gasteiger partial charge in [-0.1, -0.05) is 0 Å². The van der Waals surface area contributed by atoms with Crippen LogP contribution in [0, 0.1) is 6.92 Å². The molecule has 0 bridgehead atoms. The van der Waals surface area contributed by atoms with E-state index in [4.69, 9.17) is 4.74 Å². The summed E-state index contributed by atoms with van der Waals surface area (Å²) < 4.78 is 6.77. The Hall–Kier alpha value is -1.36. The van der Waals surface area contributed by atoms with Crippen LogP contribution in [0.15, 0.2) is 12.4 Å². The third-order valence-corrected chi connectivity index (χ3v) is 2.84. The molecule has 17 heavy (non-hydrogen) atoms. The molecule has 0 aliphatic heterocycles. The number of ether oxygens (including phenoxy) is 1. The maximum atomic E-state index is 11.3. The van der Waals surface area contributed by atoms with Gasteiger partial charge >= 0.3 is 5.97 Å². The Balaban J connectivity index is 2.50. The Kier molecular flexibility index (Phi) is 5.15. The summed E-state index contributed by atoms with van der Waals surface area (Å²) in [5, 5.41) is 0. The fraction of sp³-hybridized carbons (Fsp3) is 0.667. The third-order valence-electron chi connectivity index (χ3n) is 2.84. The van der Waals surface area contributed by atoms with Gasteiger partial charge in [-0.3, -0.25) is 9.69 Å². The Morgan fingerprint density at radius 2 is 2.29 bits per heavy atom. The topological polar surface area (TPSA) is 47.4 Å². The normalized spacial score (nSPS) is 11.2. The first-order valence-corrected chi connectivity index (χ1v) is 5.83. The minimum atomic E-state index is -0.193. The number of aromatic nitrogens is 2. The molecule has 0 saturated heterocycles. The van der Waals surface area contributed by atoms with E-state index in [2.05, 4.69) is 28.3 Å². The molecule has 1 aromatic rings. The lowest BCUT2D eigenvalue weighted by Gasteiger charge is -2.25. The van der Waals surface area contributed by atoms with Gasteiger partial charge in [0.2, 0.25) is 0 Å². The van der Waals surface area contributed by atoms with Crippen LogP contribution in [0.1, 0.15) is 19.7 Å². The number of hydrogen-bond acceptors (Lipinski definition) is 4. The van der Waals surface area contributed by atoms with Crippen LogP contribution in [0.25, 0.3) is 0 Å². The van der Waals surface area contributed by atoms with E-state index in [-0.39, 0.29) is 5.97 Å². The first-order valence-electron chi connectivity index (χ1n) is 5.83. The van der Waals surface area contributed by atoms with E-state index in [0.29, 0.717) is 12.6 Å². The quantitative estimate of drug-likeness (QED) is 0.697. The molecule has 0 saturated carbocycles. The molecular weight excluding hydrogens is 218 g/mol. The van der Waals surface area contributed by atoms with Crippen molar-refractivity contribution < 1.29 is 9.53 Å². The predicted molar refractivity (Wildman–Crippen MR) is 65.7 cm³/mol. The van der Waals surface area contributed by atoms with Crippen molar-refractivity contribution in [3.63, 3.8) is 0 Å². The van der Waals surface area contributed by atoms with Gasteiger partial charge < -0.3 is 9.30 Å². The number of aryl methyl sites for hydroxylation is 1. The van der Waals surface area contributed by atoms with Crippen LogP contribution in [0.4, 0.5) is 0 Å². The molecule has 0 radical (unpaired) electrons. The monoisotopic (exact) mass is 239 g/mol. The fourth-order valence-corrected chi connectivity index (χ4v) is 1.63. The van der Waals surface area contributed by atoms with Gasteiger partial charge in [0.1, 0.15) is 5.82 Å². The molecule has 1 aromatic heterocycles. The number of rotatable bonds is 6. The third kappa shape index (κ3) is 4.19. The molecule has 0 atom stereocenters. The van der Waals surface area contributed by atoms with Gasteiger partial charge in [-0.05, 0) is 20.8 Å². The molecule has 0 fully saturated rings. The molecule has 0 aliphatic rings. The first-order chi connectivity index (χ1) is 8.04. The molecule has 0 amide bonds. The predicted octanol–water partition coefficient (Wildman–Crippen LogP) is 1.07. The number of hydrogen-bond donors (Lipinski definition) is 0. The highest BCUT2D eigenvalue weighted by Gasteiger charge is 2.14. The molecule has 1 rings (SSSR count). The van der Waals surface area contributed by atoms with Gasteiger partial charge in [0.05, 0.1) is 13.7 Å². The van der Waals surface area contributed by atoms with Crippen molar-refractivity contribution in [3.05, 3.63) is 18.2 Å². The number of carbonyl (C=O) groups is 1. The second kappa shape index (κ2) is 6.39. The van der Waals surface area contributed by atoms with Crippen molar-refractivity contribution >= 4 is 5.97 Å². The van der Waals surface area contributed by atoms with Gasteiger partial charge in [-0.15, -0.1) is 0 Å². The van der Waals surface area contributed by atoms with Crippen LogP contribution in [-0.2, 0) is 16.1 Å². The molecule has 5 heteroatoms. The lowest BCUT2D eigenvalue weighted by Crippen LogP contribution is -2.38. The van der Waals surface area contributed by atoms with Crippen LogP contribution in [0.3, 0.4) is 0 Å². The first kappa shape index (κ1) is 13.7. The average Bonchev–Trinajstić information content (AvgIpc) is 2.69. The Labute approximate surface area is 102 Å². The van der Waals surface area contributed by atoms with E-state index in [1.165, 1.54) is 7.11 Å². The molecule has 1 heterocycles. The van der Waals surface area contributed by atoms with E-state index >= 15 is 0 Å². The summed E-state index contributed by atoms with van der Waals surface area (Å²) in [6.45, 7) is 8.10. The second-order valence-corrected chi connectivity index (χ2v) is 4.31. The molecule has 0 aromatic carbocycles. The number of methoxy groups -OCH3 is 1. The van der Waals surface area contributed by atoms with Gasteiger partial charge in [-0.25, -0.2) is 4.98 Å². The second-order valence-electron chi connectivity index (χ2n) is 4.31. The molecule has 5 nitrogen and oxygen atoms in total. The highest BCUT2D eigenvalue weighted by molar-refractivity contribution is 5.71. The highest BCUT2D eigenvalue weighted by Crippen LogP contribution is 2.01. The van der Waals surface area contributed by atoms with E-state index < -0.39 is 0 Å². The number of imidazole rings is 1. The SMILES string of the molecule is COC(=O)CN(CCn1ccnc1C)C(C)C. The summed E-state index contributed by atoms with van der Waals surface area (Å²) in [7, 11) is 1.42. The lowest BCUT2D eigenvalue weighted by atomic mass is 10.3. The van der Waals surface area contributed by atoms with Crippen molar-refractivity contribution in [3.8, 4) is 0 Å². The molecule has 0 unspecified atom stereocenters. The molecule has 96 valence electrons. The smallest absolute Gasteiger partial charge is 0.319 e. The van der Waals surface area contributed by atoms with Crippen LogP contribution >= 0.6 is 0 Å². The molecule has 0 N–H and O–H groups in total. The van der Waals surface area contributed by atoms with E-state index in [9.17, 15) is 4.79 Å². The number of nitrogens with zero attached hydrogens (tertiary/aromatic N) is 3. The Bertz CT molecular complexity index is 360. The van der Waals surface area contributed by atoms with Gasteiger partial charge in [0.25, 0.3) is 0 Å². The molecule has 0 aliphatic carbocycles. The van der Waals surface area contributed by atoms with Crippen LogP contribution < -0.4 is 0 Å². The van der Waals surface area contributed by atoms with Crippen LogP contribution in [0.2, 0.25) is 0 Å². The van der Waals surface area contributed by atoms with Gasteiger partial charge in [0, 0.05) is 31.5 Å². The number of carbonyl (C=O) groups excluding carboxylic acids is 1. The lowest BCUT2D eigenvalue weighted by molar-refractivity contribution is -0.142. The van der Waals surface area contributed by atoms with E-state index in [0.717, 1.165) is 18.9 Å². The zero-order valence-corrected chi connectivity index (χ0v) is 11.0. The van der Waals surface area contributed by atoms with Gasteiger partial charge in [-0.2, -0.15) is 0 Å². The van der Waals surface area contributed by atoms with E-state index in [1.807, 2.05) is 13.1 Å². The Morgan fingerprint density at radius 3 is 2.76 bits per heavy atom. The summed E-state index contributed by atoms with van der Waals surface area (Å²) in [4.78, 5) is 17.5. The van der Waals surface area contributed by atoms with E-state index in [1.54, 1.807) is 6.20 Å². The Morgan fingerprint density at radius 1 is 1.59 bits per heavy atom. The zero-order valence-electron chi connectivity index (χ0n) is 11.0. The minimum Gasteiger partial charge on any atom is -0.468 e. The van der Waals surface area contributed by atoms with Crippen LogP contribution in [-0.4, -0.2) is 46.7 Å². The minimum absolute atomic E-state index is 0.193. The summed E-state index contributed by atoms with van der Waals surface area (Å²) in [6.07, 6.45) is 3.74. The summed E-state index contributed by atoms with van der Waals surface area (Å²) in [5.74, 6) is 0.799. The van der Waals surface area contributed by atoms with Crippen molar-refractivity contribution in [1.29, 1.82) is 0 Å². The maximum absolute atomic E-state index is 11.3. The largest absolute Gasteiger partial charge is 0.468 e. The van der Waals surface area contributed by atoms with Crippen molar-refractivity contribution in [2.75, 3.05) is 20.2 Å². The summed E-state index contributed by atoms with van der Waals surface area (Å²) >= 11 is 0. The molecule has 0 spiro atoms. The van der Waals surface area contributed by atoms with Crippen molar-refractivity contribution in [2.24, 2.45) is 0 Å².